The van der Waals surface area contributed by atoms with E-state index in [9.17, 15) is 0 Å². The van der Waals surface area contributed by atoms with Crippen LogP contribution >= 0.6 is 24.0 Å². The first-order chi connectivity index (χ1) is 11.1. The Balaban J connectivity index is 0.00000288. The third-order valence-corrected chi connectivity index (χ3v) is 3.25. The van der Waals surface area contributed by atoms with E-state index in [0.29, 0.717) is 30.8 Å². The third-order valence-electron chi connectivity index (χ3n) is 3.25. The maximum absolute atomic E-state index is 5.29. The number of ether oxygens (including phenoxy) is 1. The molecule has 8 heteroatoms. The van der Waals surface area contributed by atoms with Crippen molar-refractivity contribution in [2.45, 2.75) is 32.9 Å². The van der Waals surface area contributed by atoms with Crippen LogP contribution in [0, 0.1) is 0 Å². The molecule has 0 aliphatic heterocycles. The van der Waals surface area contributed by atoms with Gasteiger partial charge in [0.1, 0.15) is 0 Å². The van der Waals surface area contributed by atoms with Gasteiger partial charge in [-0.05, 0) is 12.0 Å². The minimum atomic E-state index is 0. The number of aliphatic imine (C=N–C) groups is 1. The highest BCUT2D eigenvalue weighted by molar-refractivity contribution is 14.0. The van der Waals surface area contributed by atoms with Crippen molar-refractivity contribution in [2.75, 3.05) is 14.2 Å². The fraction of sp³-hybridized carbons (Fsp3) is 0.438. The highest BCUT2D eigenvalue weighted by Gasteiger charge is 2.08. The Morgan fingerprint density at radius 3 is 2.67 bits per heavy atom. The summed E-state index contributed by atoms with van der Waals surface area (Å²) in [6.45, 7) is 5.23. The van der Waals surface area contributed by atoms with Crippen molar-refractivity contribution in [3.8, 4) is 5.88 Å². The van der Waals surface area contributed by atoms with Gasteiger partial charge in [-0.25, -0.2) is 4.98 Å². The number of nitrogens with zero attached hydrogens (tertiary/aromatic N) is 3. The van der Waals surface area contributed by atoms with E-state index < -0.39 is 0 Å². The largest absolute Gasteiger partial charge is 0.481 e. The van der Waals surface area contributed by atoms with Gasteiger partial charge in [0.15, 0.2) is 11.7 Å². The summed E-state index contributed by atoms with van der Waals surface area (Å²) >= 11 is 0. The van der Waals surface area contributed by atoms with Crippen LogP contribution in [0.25, 0.3) is 0 Å². The molecule has 2 rings (SSSR count). The lowest BCUT2D eigenvalue weighted by atomic mass is 10.1. The summed E-state index contributed by atoms with van der Waals surface area (Å²) in [6, 6.07) is 7.59. The van der Waals surface area contributed by atoms with E-state index in [2.05, 4.69) is 39.6 Å². The molecule has 0 saturated carbocycles. The molecule has 2 heterocycles. The lowest BCUT2D eigenvalue weighted by Gasteiger charge is -2.10. The Labute approximate surface area is 159 Å². The Kier molecular flexibility index (Phi) is 8.51. The molecule has 7 nitrogen and oxygen atoms in total. The van der Waals surface area contributed by atoms with Crippen molar-refractivity contribution < 1.29 is 9.26 Å². The van der Waals surface area contributed by atoms with Gasteiger partial charge in [0, 0.05) is 19.2 Å². The summed E-state index contributed by atoms with van der Waals surface area (Å²) in [4.78, 5) is 8.52. The summed E-state index contributed by atoms with van der Waals surface area (Å²) in [7, 11) is 3.32. The van der Waals surface area contributed by atoms with E-state index in [1.54, 1.807) is 14.2 Å². The molecule has 2 N–H and O–H groups in total. The molecule has 0 bridgehead atoms. The molecular formula is C16H24IN5O2. The number of guanidine groups is 1. The maximum atomic E-state index is 5.29. The van der Waals surface area contributed by atoms with Gasteiger partial charge < -0.3 is 19.9 Å². The van der Waals surface area contributed by atoms with Crippen LogP contribution in [0.1, 0.15) is 36.9 Å². The molecule has 0 amide bonds. The van der Waals surface area contributed by atoms with Gasteiger partial charge in [0.2, 0.25) is 5.88 Å². The van der Waals surface area contributed by atoms with E-state index in [1.165, 1.54) is 0 Å². The van der Waals surface area contributed by atoms with Crippen LogP contribution in [0.3, 0.4) is 0 Å². The molecule has 2 aromatic heterocycles. The molecule has 0 aromatic carbocycles. The Hall–Kier alpha value is -1.84. The van der Waals surface area contributed by atoms with Crippen molar-refractivity contribution in [1.29, 1.82) is 0 Å². The second kappa shape index (κ2) is 10.1. The fourth-order valence-electron chi connectivity index (χ4n) is 1.92. The quantitative estimate of drug-likeness (QED) is 0.404. The zero-order valence-electron chi connectivity index (χ0n) is 14.4. The molecule has 2 aromatic rings. The maximum Gasteiger partial charge on any atom is 0.213 e. The molecular weight excluding hydrogens is 421 g/mol. The van der Waals surface area contributed by atoms with Gasteiger partial charge in [-0.2, -0.15) is 0 Å². The number of rotatable bonds is 6. The minimum absolute atomic E-state index is 0. The van der Waals surface area contributed by atoms with Crippen LogP contribution in [0.2, 0.25) is 0 Å². The predicted molar refractivity (Wildman–Crippen MR) is 104 cm³/mol. The van der Waals surface area contributed by atoms with Gasteiger partial charge in [-0.3, -0.25) is 4.99 Å². The highest BCUT2D eigenvalue weighted by Crippen LogP contribution is 2.13. The second-order valence-electron chi connectivity index (χ2n) is 5.32. The predicted octanol–water partition coefficient (Wildman–Crippen LogP) is 2.68. The third kappa shape index (κ3) is 5.99. The van der Waals surface area contributed by atoms with Crippen LogP contribution < -0.4 is 15.4 Å². The first kappa shape index (κ1) is 20.2. The van der Waals surface area contributed by atoms with Crippen molar-refractivity contribution in [1.82, 2.24) is 20.8 Å². The summed E-state index contributed by atoms with van der Waals surface area (Å²) in [5, 5.41) is 10.4. The van der Waals surface area contributed by atoms with Crippen molar-refractivity contribution in [2.24, 2.45) is 4.99 Å². The van der Waals surface area contributed by atoms with E-state index in [0.717, 1.165) is 17.1 Å². The number of nitrogens with one attached hydrogen (secondary N) is 2. The van der Waals surface area contributed by atoms with E-state index in [-0.39, 0.29) is 24.0 Å². The normalized spacial score (nSPS) is 11.1. The van der Waals surface area contributed by atoms with Crippen LogP contribution in [-0.4, -0.2) is 30.3 Å². The number of methoxy groups -OCH3 is 1. The molecule has 0 fully saturated rings. The molecule has 0 aliphatic carbocycles. The summed E-state index contributed by atoms with van der Waals surface area (Å²) < 4.78 is 10.4. The topological polar surface area (TPSA) is 84.6 Å². The molecule has 0 atom stereocenters. The minimum Gasteiger partial charge on any atom is -0.481 e. The Morgan fingerprint density at radius 1 is 1.29 bits per heavy atom. The monoisotopic (exact) mass is 445 g/mol. The molecule has 24 heavy (non-hydrogen) atoms. The standard InChI is InChI=1S/C16H23N5O2.HI/c1-11(2)14-8-13(23-21-14)10-19-16(17-3)18-9-12-6-5-7-15(20-12)22-4;/h5-8,11H,9-10H2,1-4H3,(H2,17,18,19);1H. The number of aromatic nitrogens is 2. The Bertz CT molecular complexity index is 657. The lowest BCUT2D eigenvalue weighted by molar-refractivity contribution is 0.372. The van der Waals surface area contributed by atoms with Gasteiger partial charge in [0.05, 0.1) is 31.6 Å². The Morgan fingerprint density at radius 2 is 2.04 bits per heavy atom. The molecule has 0 aliphatic rings. The first-order valence-corrected chi connectivity index (χ1v) is 7.52. The van der Waals surface area contributed by atoms with Gasteiger partial charge in [-0.15, -0.1) is 24.0 Å². The lowest BCUT2D eigenvalue weighted by Crippen LogP contribution is -2.36. The van der Waals surface area contributed by atoms with Gasteiger partial charge in [0.25, 0.3) is 0 Å². The first-order valence-electron chi connectivity index (χ1n) is 7.52. The number of hydrogen-bond donors (Lipinski definition) is 2. The summed E-state index contributed by atoms with van der Waals surface area (Å²) in [6.07, 6.45) is 0. The fourth-order valence-corrected chi connectivity index (χ4v) is 1.92. The zero-order chi connectivity index (χ0) is 16.7. The van der Waals surface area contributed by atoms with Crippen LogP contribution in [0.4, 0.5) is 0 Å². The highest BCUT2D eigenvalue weighted by atomic mass is 127. The second-order valence-corrected chi connectivity index (χ2v) is 5.32. The van der Waals surface area contributed by atoms with Crippen LogP contribution in [0.15, 0.2) is 33.8 Å². The molecule has 132 valence electrons. The zero-order valence-corrected chi connectivity index (χ0v) is 16.7. The number of halogens is 1. The van der Waals surface area contributed by atoms with Crippen LogP contribution in [-0.2, 0) is 13.1 Å². The number of pyridine rings is 1. The summed E-state index contributed by atoms with van der Waals surface area (Å²) in [5.41, 5.74) is 1.82. The average Bonchev–Trinajstić information content (AvgIpc) is 3.04. The van der Waals surface area contributed by atoms with Crippen molar-refractivity contribution >= 4 is 29.9 Å². The van der Waals surface area contributed by atoms with E-state index in [4.69, 9.17) is 9.26 Å². The molecule has 0 radical (unpaired) electrons. The smallest absolute Gasteiger partial charge is 0.213 e. The average molecular weight is 445 g/mol. The SMILES string of the molecule is CN=C(NCc1cccc(OC)n1)NCc1cc(C(C)C)no1.I. The molecule has 0 spiro atoms. The molecule has 0 saturated heterocycles. The van der Waals surface area contributed by atoms with Crippen molar-refractivity contribution in [3.05, 3.63) is 41.4 Å². The van der Waals surface area contributed by atoms with E-state index in [1.807, 2.05) is 24.3 Å². The van der Waals surface area contributed by atoms with Crippen LogP contribution in [0.5, 0.6) is 5.88 Å². The molecule has 0 unspecified atom stereocenters. The van der Waals surface area contributed by atoms with Gasteiger partial charge in [-0.1, -0.05) is 25.1 Å². The number of hydrogen-bond acceptors (Lipinski definition) is 5. The van der Waals surface area contributed by atoms with E-state index >= 15 is 0 Å². The summed E-state index contributed by atoms with van der Waals surface area (Å²) in [5.74, 6) is 2.38. The van der Waals surface area contributed by atoms with Crippen molar-refractivity contribution in [3.63, 3.8) is 0 Å². The van der Waals surface area contributed by atoms with Gasteiger partial charge >= 0.3 is 0 Å².